The monoisotopic (exact) mass is 341 g/mol. The SMILES string of the molecule is CCN1CCN(C(CN)c2ccc(O)c(Br)c2)CC1C. The number of hydrogen-bond donors (Lipinski definition) is 2. The zero-order chi connectivity index (χ0) is 14.7. The van der Waals surface area contributed by atoms with Crippen LogP contribution < -0.4 is 5.73 Å². The summed E-state index contributed by atoms with van der Waals surface area (Å²) < 4.78 is 0.730. The van der Waals surface area contributed by atoms with E-state index in [2.05, 4.69) is 39.6 Å². The van der Waals surface area contributed by atoms with Gasteiger partial charge in [0.15, 0.2) is 0 Å². The summed E-state index contributed by atoms with van der Waals surface area (Å²) in [5.74, 6) is 0.272. The molecular weight excluding hydrogens is 318 g/mol. The number of phenols is 1. The van der Waals surface area contributed by atoms with E-state index in [0.717, 1.165) is 36.2 Å². The Morgan fingerprint density at radius 2 is 2.20 bits per heavy atom. The van der Waals surface area contributed by atoms with Gasteiger partial charge < -0.3 is 10.8 Å². The fourth-order valence-corrected chi connectivity index (χ4v) is 3.40. The topological polar surface area (TPSA) is 52.7 Å². The van der Waals surface area contributed by atoms with E-state index in [1.165, 1.54) is 0 Å². The van der Waals surface area contributed by atoms with Gasteiger partial charge in [0, 0.05) is 38.3 Å². The fraction of sp³-hybridized carbons (Fsp3) is 0.600. The largest absolute Gasteiger partial charge is 0.507 e. The van der Waals surface area contributed by atoms with E-state index in [4.69, 9.17) is 5.73 Å². The molecule has 1 aliphatic rings. The molecule has 1 aliphatic heterocycles. The Labute approximate surface area is 129 Å². The Morgan fingerprint density at radius 3 is 2.75 bits per heavy atom. The maximum atomic E-state index is 9.62. The third kappa shape index (κ3) is 3.34. The molecule has 2 unspecified atom stereocenters. The lowest BCUT2D eigenvalue weighted by Gasteiger charge is -2.42. The van der Waals surface area contributed by atoms with Crippen molar-refractivity contribution in [2.75, 3.05) is 32.7 Å². The summed E-state index contributed by atoms with van der Waals surface area (Å²) in [6, 6.07) is 6.45. The predicted molar refractivity (Wildman–Crippen MR) is 85.9 cm³/mol. The van der Waals surface area contributed by atoms with E-state index in [9.17, 15) is 5.11 Å². The number of nitrogens with two attached hydrogens (primary N) is 1. The molecule has 1 saturated heterocycles. The summed E-state index contributed by atoms with van der Waals surface area (Å²) in [7, 11) is 0. The number of hydrogen-bond acceptors (Lipinski definition) is 4. The summed E-state index contributed by atoms with van der Waals surface area (Å²) >= 11 is 3.38. The smallest absolute Gasteiger partial charge is 0.129 e. The molecule has 1 fully saturated rings. The van der Waals surface area contributed by atoms with E-state index in [1.807, 2.05) is 12.1 Å². The molecule has 5 heteroatoms. The van der Waals surface area contributed by atoms with Gasteiger partial charge in [0.25, 0.3) is 0 Å². The number of phenolic OH excluding ortho intramolecular Hbond substituents is 1. The molecule has 1 aromatic rings. The maximum Gasteiger partial charge on any atom is 0.129 e. The fourth-order valence-electron chi connectivity index (χ4n) is 3.00. The van der Waals surface area contributed by atoms with Gasteiger partial charge in [0.05, 0.1) is 4.47 Å². The highest BCUT2D eigenvalue weighted by Crippen LogP contribution is 2.30. The number of rotatable bonds is 4. The van der Waals surface area contributed by atoms with Crippen molar-refractivity contribution in [1.29, 1.82) is 0 Å². The first-order valence-electron chi connectivity index (χ1n) is 7.23. The molecule has 0 spiro atoms. The van der Waals surface area contributed by atoms with Crippen LogP contribution in [0.5, 0.6) is 5.75 Å². The molecule has 0 bridgehead atoms. The number of likely N-dealkylation sites (N-methyl/N-ethyl adjacent to an activating group) is 1. The van der Waals surface area contributed by atoms with Crippen LogP contribution in [0.4, 0.5) is 0 Å². The minimum absolute atomic E-state index is 0.216. The average molecular weight is 342 g/mol. The van der Waals surface area contributed by atoms with Crippen molar-refractivity contribution in [3.05, 3.63) is 28.2 Å². The number of piperazine rings is 1. The lowest BCUT2D eigenvalue weighted by Crippen LogP contribution is -2.53. The summed E-state index contributed by atoms with van der Waals surface area (Å²) in [5, 5.41) is 9.62. The molecule has 2 atom stereocenters. The lowest BCUT2D eigenvalue weighted by atomic mass is 10.0. The van der Waals surface area contributed by atoms with Crippen LogP contribution in [0.1, 0.15) is 25.5 Å². The number of benzene rings is 1. The molecule has 1 heterocycles. The third-order valence-electron chi connectivity index (χ3n) is 4.22. The first-order chi connectivity index (χ1) is 9.56. The first-order valence-corrected chi connectivity index (χ1v) is 8.02. The van der Waals surface area contributed by atoms with Gasteiger partial charge in [-0.25, -0.2) is 0 Å². The molecule has 0 aliphatic carbocycles. The van der Waals surface area contributed by atoms with E-state index in [1.54, 1.807) is 6.07 Å². The Hall–Kier alpha value is -0.620. The Kier molecular flexibility index (Phi) is 5.43. The van der Waals surface area contributed by atoms with E-state index < -0.39 is 0 Å². The van der Waals surface area contributed by atoms with Gasteiger partial charge in [-0.1, -0.05) is 13.0 Å². The van der Waals surface area contributed by atoms with Crippen molar-refractivity contribution < 1.29 is 5.11 Å². The second-order valence-corrected chi connectivity index (χ2v) is 6.29. The van der Waals surface area contributed by atoms with Gasteiger partial charge in [-0.3, -0.25) is 9.80 Å². The van der Waals surface area contributed by atoms with Gasteiger partial charge in [0.1, 0.15) is 5.75 Å². The number of nitrogens with zero attached hydrogens (tertiary/aromatic N) is 2. The summed E-state index contributed by atoms with van der Waals surface area (Å²) in [5.41, 5.74) is 7.16. The normalized spacial score (nSPS) is 22.9. The van der Waals surface area contributed by atoms with Crippen molar-refractivity contribution in [3.63, 3.8) is 0 Å². The Morgan fingerprint density at radius 1 is 1.45 bits per heavy atom. The Balaban J connectivity index is 2.14. The van der Waals surface area contributed by atoms with Gasteiger partial charge in [-0.05, 0) is 47.1 Å². The molecule has 0 amide bonds. The van der Waals surface area contributed by atoms with Crippen LogP contribution in [0.25, 0.3) is 0 Å². The zero-order valence-electron chi connectivity index (χ0n) is 12.2. The molecule has 0 aromatic heterocycles. The van der Waals surface area contributed by atoms with Gasteiger partial charge in [-0.15, -0.1) is 0 Å². The molecule has 1 aromatic carbocycles. The van der Waals surface area contributed by atoms with Crippen molar-refractivity contribution in [3.8, 4) is 5.75 Å². The number of halogens is 1. The van der Waals surface area contributed by atoms with Gasteiger partial charge in [-0.2, -0.15) is 0 Å². The lowest BCUT2D eigenvalue weighted by molar-refractivity contribution is 0.0606. The van der Waals surface area contributed by atoms with Crippen molar-refractivity contribution in [1.82, 2.24) is 9.80 Å². The van der Waals surface area contributed by atoms with Crippen LogP contribution in [0.15, 0.2) is 22.7 Å². The van der Waals surface area contributed by atoms with Crippen LogP contribution in [0.2, 0.25) is 0 Å². The molecule has 0 radical (unpaired) electrons. The van der Waals surface area contributed by atoms with Crippen LogP contribution in [-0.2, 0) is 0 Å². The van der Waals surface area contributed by atoms with Crippen molar-refractivity contribution >= 4 is 15.9 Å². The van der Waals surface area contributed by atoms with E-state index in [-0.39, 0.29) is 11.8 Å². The average Bonchev–Trinajstić information content (AvgIpc) is 2.44. The molecule has 112 valence electrons. The maximum absolute atomic E-state index is 9.62. The zero-order valence-corrected chi connectivity index (χ0v) is 13.8. The summed E-state index contributed by atoms with van der Waals surface area (Å²) in [4.78, 5) is 4.95. The van der Waals surface area contributed by atoms with Gasteiger partial charge >= 0.3 is 0 Å². The summed E-state index contributed by atoms with van der Waals surface area (Å²) in [6.07, 6.45) is 0. The standard InChI is InChI=1S/C15H24BrN3O/c1-3-18-6-7-19(10-11(18)2)14(9-17)12-4-5-15(20)13(16)8-12/h4-5,8,11,14,20H,3,6-7,9-10,17H2,1-2H3. The minimum atomic E-state index is 0.216. The van der Waals surface area contributed by atoms with Crippen LogP contribution >= 0.6 is 15.9 Å². The summed E-state index contributed by atoms with van der Waals surface area (Å²) in [6.45, 7) is 9.35. The van der Waals surface area contributed by atoms with Crippen LogP contribution in [-0.4, -0.2) is 53.7 Å². The van der Waals surface area contributed by atoms with E-state index in [0.29, 0.717) is 12.6 Å². The highest BCUT2D eigenvalue weighted by molar-refractivity contribution is 9.10. The quantitative estimate of drug-likeness (QED) is 0.881. The Bertz CT molecular complexity index is 455. The predicted octanol–water partition coefficient (Wildman–Crippen LogP) is 2.18. The molecule has 0 saturated carbocycles. The highest BCUT2D eigenvalue weighted by Gasteiger charge is 2.27. The third-order valence-corrected chi connectivity index (χ3v) is 4.86. The molecule has 20 heavy (non-hydrogen) atoms. The molecule has 2 rings (SSSR count). The second-order valence-electron chi connectivity index (χ2n) is 5.43. The minimum Gasteiger partial charge on any atom is -0.507 e. The van der Waals surface area contributed by atoms with Crippen molar-refractivity contribution in [2.45, 2.75) is 25.9 Å². The second kappa shape index (κ2) is 6.89. The first kappa shape index (κ1) is 15.8. The van der Waals surface area contributed by atoms with Crippen LogP contribution in [0.3, 0.4) is 0 Å². The molecule has 3 N–H and O–H groups in total. The van der Waals surface area contributed by atoms with Crippen LogP contribution in [0, 0.1) is 0 Å². The van der Waals surface area contributed by atoms with Gasteiger partial charge in [0.2, 0.25) is 0 Å². The van der Waals surface area contributed by atoms with E-state index >= 15 is 0 Å². The molecular formula is C15H24BrN3O. The highest BCUT2D eigenvalue weighted by atomic mass is 79.9. The molecule has 4 nitrogen and oxygen atoms in total. The van der Waals surface area contributed by atoms with Crippen molar-refractivity contribution in [2.24, 2.45) is 5.73 Å². The number of aromatic hydroxyl groups is 1.